The molecule has 1 aliphatic rings. The molecule has 0 spiro atoms. The third kappa shape index (κ3) is 3.43. The van der Waals surface area contributed by atoms with Crippen molar-refractivity contribution in [3.63, 3.8) is 0 Å². The van der Waals surface area contributed by atoms with E-state index in [4.69, 9.17) is 5.41 Å². The molecule has 0 amide bonds. The molecule has 0 heterocycles. The Labute approximate surface area is 71.3 Å². The number of ketones is 1. The van der Waals surface area contributed by atoms with Crippen molar-refractivity contribution in [2.24, 2.45) is 0 Å². The summed E-state index contributed by atoms with van der Waals surface area (Å²) in [5, 5.41) is 5.29. The molecular weight excluding hydrogens is 173 g/mol. The molecule has 0 radical (unpaired) electrons. The van der Waals surface area contributed by atoms with Crippen molar-refractivity contribution in [1.82, 2.24) is 0 Å². The fourth-order valence-electron chi connectivity index (χ4n) is 0.468. The molecule has 0 aromatic rings. The van der Waals surface area contributed by atoms with Crippen molar-refractivity contribution in [3.8, 4) is 0 Å². The smallest absolute Gasteiger partial charge is 0.196 e. The molecule has 0 bridgehead atoms. The fraction of sp³-hybridized carbons (Fsp3) is 0. The first-order valence-corrected chi connectivity index (χ1v) is 2.31. The van der Waals surface area contributed by atoms with E-state index in [1.54, 1.807) is 12.2 Å². The molecular formula is C6H6Cl2NO-. The number of rotatable bonds is 0. The molecule has 2 nitrogen and oxygen atoms in total. The van der Waals surface area contributed by atoms with Crippen LogP contribution in [-0.2, 0) is 4.79 Å². The maximum Gasteiger partial charge on any atom is 0.196 e. The molecule has 0 saturated heterocycles. The molecule has 0 atom stereocenters. The van der Waals surface area contributed by atoms with E-state index in [1.165, 1.54) is 12.2 Å². The fourth-order valence-corrected chi connectivity index (χ4v) is 0.468. The molecule has 10 heavy (non-hydrogen) atoms. The van der Waals surface area contributed by atoms with Gasteiger partial charge < -0.3 is 24.8 Å². The van der Waals surface area contributed by atoms with Gasteiger partial charge in [0, 0.05) is 12.2 Å². The molecule has 0 unspecified atom stereocenters. The van der Waals surface area contributed by atoms with Gasteiger partial charge in [0.15, 0.2) is 11.5 Å². The Hall–Kier alpha value is -0.600. The van der Waals surface area contributed by atoms with Crippen molar-refractivity contribution in [2.45, 2.75) is 0 Å². The monoisotopic (exact) mass is 178 g/mol. The Bertz CT molecular complexity index is 158. The largest absolute Gasteiger partial charge is 1.00 e. The van der Waals surface area contributed by atoms with Gasteiger partial charge in [0.2, 0.25) is 0 Å². The van der Waals surface area contributed by atoms with Crippen LogP contribution in [-0.4, -0.2) is 11.5 Å². The lowest BCUT2D eigenvalue weighted by molar-refractivity contribution is -0.113. The number of halogens is 2. The number of carbonyl (C=O) groups excluding carboxylic acids is 1. The van der Waals surface area contributed by atoms with Crippen LogP contribution in [0, 0.1) is 0 Å². The summed E-state index contributed by atoms with van der Waals surface area (Å²) in [6.07, 6.45) is 6.05. The second-order valence-electron chi connectivity index (χ2n) is 1.57. The van der Waals surface area contributed by atoms with E-state index in [0.717, 1.165) is 0 Å². The van der Waals surface area contributed by atoms with Crippen LogP contribution in [0.3, 0.4) is 0 Å². The zero-order valence-corrected chi connectivity index (χ0v) is 6.56. The first-order valence-electron chi connectivity index (χ1n) is 2.31. The Balaban J connectivity index is 0. The Morgan fingerprint density at radius 2 is 1.40 bits per heavy atom. The standard InChI is InChI=1S/C6H5NO.2ClH/c7-5-1-3-6(8)4-2-5;;/h1-4,7H;2*1H/p-1. The summed E-state index contributed by atoms with van der Waals surface area (Å²) in [6.45, 7) is 0. The van der Waals surface area contributed by atoms with Crippen LogP contribution in [0.4, 0.5) is 0 Å². The Kier molecular flexibility index (Phi) is 6.31. The molecule has 0 fully saturated rings. The maximum absolute atomic E-state index is 10.4. The number of hydrogen-bond donors (Lipinski definition) is 1. The third-order valence-corrected chi connectivity index (χ3v) is 0.880. The van der Waals surface area contributed by atoms with Crippen LogP contribution in [0.2, 0.25) is 0 Å². The number of hydrogen-bond acceptors (Lipinski definition) is 1. The second-order valence-corrected chi connectivity index (χ2v) is 1.57. The summed E-state index contributed by atoms with van der Waals surface area (Å²) in [5.74, 6) is -0.000741. The topological polar surface area (TPSA) is 42.7 Å². The van der Waals surface area contributed by atoms with Gasteiger partial charge in [-0.05, 0) is 12.2 Å². The van der Waals surface area contributed by atoms with Crippen LogP contribution in [0.15, 0.2) is 24.3 Å². The molecule has 56 valence electrons. The average Bonchev–Trinajstić information content (AvgIpc) is 1.77. The highest BCUT2D eigenvalue weighted by atomic mass is 35.5. The molecule has 1 aliphatic carbocycles. The molecule has 0 aliphatic heterocycles. The predicted octanol–water partition coefficient (Wildman–Crippen LogP) is -7.11. The summed E-state index contributed by atoms with van der Waals surface area (Å²) in [5.41, 5.74) is 0.629. The minimum atomic E-state index is -0.000741. The van der Waals surface area contributed by atoms with E-state index in [2.05, 4.69) is 0 Å². The minimum Gasteiger partial charge on any atom is -1.00 e. The van der Waals surface area contributed by atoms with Gasteiger partial charge in [-0.2, -0.15) is 0 Å². The number of allylic oxidation sites excluding steroid dienone is 4. The van der Waals surface area contributed by atoms with E-state index < -0.39 is 0 Å². The van der Waals surface area contributed by atoms with E-state index in [0.29, 0.717) is 5.71 Å². The third-order valence-electron chi connectivity index (χ3n) is 0.880. The lowest BCUT2D eigenvalue weighted by Crippen LogP contribution is -3.00. The van der Waals surface area contributed by atoms with Crippen LogP contribution >= 0.6 is 0 Å². The first kappa shape index (κ1) is 12.1. The second kappa shape index (κ2) is 5.21. The maximum atomic E-state index is 10.4. The van der Waals surface area contributed by atoms with Crippen molar-refractivity contribution in [3.05, 3.63) is 24.3 Å². The normalized spacial score (nSPS) is 14.0. The zero-order valence-electron chi connectivity index (χ0n) is 5.05. The average molecular weight is 179 g/mol. The highest BCUT2D eigenvalue weighted by Gasteiger charge is 1.99. The van der Waals surface area contributed by atoms with Gasteiger partial charge >= 0.3 is 0 Å². The van der Waals surface area contributed by atoms with Gasteiger partial charge in [0.25, 0.3) is 0 Å². The number of carbonyl (C=O) groups is 1. The Morgan fingerprint density at radius 1 is 1.00 bits per heavy atom. The molecule has 0 saturated carbocycles. The van der Waals surface area contributed by atoms with E-state index in [-0.39, 0.29) is 30.6 Å². The van der Waals surface area contributed by atoms with Crippen LogP contribution in [0.5, 0.6) is 0 Å². The van der Waals surface area contributed by atoms with Gasteiger partial charge in [-0.15, -0.1) is 0 Å². The first-order chi connectivity index (χ1) is 3.79. The van der Waals surface area contributed by atoms with Gasteiger partial charge in [-0.3, -0.25) is 10.2 Å². The minimum absolute atomic E-state index is 0. The molecule has 0 aromatic heterocycles. The quantitative estimate of drug-likeness (QED) is 0.369. The van der Waals surface area contributed by atoms with Gasteiger partial charge in [0.05, 0.1) is 0 Å². The van der Waals surface area contributed by atoms with Crippen molar-refractivity contribution in [1.29, 1.82) is 0 Å². The molecule has 4 heteroatoms. The van der Waals surface area contributed by atoms with Crippen molar-refractivity contribution >= 4 is 11.5 Å². The van der Waals surface area contributed by atoms with Gasteiger partial charge in [-0.1, -0.05) is 0 Å². The highest BCUT2D eigenvalue weighted by Crippen LogP contribution is 1.88. The summed E-state index contributed by atoms with van der Waals surface area (Å²) in [7, 11) is 0. The Morgan fingerprint density at radius 3 is 1.70 bits per heavy atom. The summed E-state index contributed by atoms with van der Waals surface area (Å²) in [6, 6.07) is 0. The van der Waals surface area contributed by atoms with Crippen molar-refractivity contribution < 1.29 is 35.0 Å². The molecule has 0 aromatic carbocycles. The van der Waals surface area contributed by atoms with Crippen LogP contribution < -0.4 is 30.2 Å². The van der Waals surface area contributed by atoms with E-state index in [9.17, 15) is 4.79 Å². The van der Waals surface area contributed by atoms with E-state index >= 15 is 0 Å². The highest BCUT2D eigenvalue weighted by molar-refractivity contribution is 6.14. The molecule has 2 N–H and O–H groups in total. The SMILES string of the molecule is [Cl-].[Cl-].[NH2+]=C1C=CC(=O)C=C1. The predicted molar refractivity (Wildman–Crippen MR) is 30.2 cm³/mol. The lowest BCUT2D eigenvalue weighted by atomic mass is 10.2. The van der Waals surface area contributed by atoms with Crippen LogP contribution in [0.1, 0.15) is 0 Å². The van der Waals surface area contributed by atoms with Crippen LogP contribution in [0.25, 0.3) is 0 Å². The zero-order chi connectivity index (χ0) is 5.98. The van der Waals surface area contributed by atoms with Gasteiger partial charge in [0.1, 0.15) is 0 Å². The lowest BCUT2D eigenvalue weighted by Gasteiger charge is -1.86. The van der Waals surface area contributed by atoms with Crippen molar-refractivity contribution in [2.75, 3.05) is 0 Å². The summed E-state index contributed by atoms with van der Waals surface area (Å²) >= 11 is 0. The summed E-state index contributed by atoms with van der Waals surface area (Å²) < 4.78 is 0. The molecule has 1 rings (SSSR count). The number of nitrogens with two attached hydrogens (primary N) is 1. The summed E-state index contributed by atoms with van der Waals surface area (Å²) in [4.78, 5) is 10.4. The van der Waals surface area contributed by atoms with Gasteiger partial charge in [-0.25, -0.2) is 0 Å². The van der Waals surface area contributed by atoms with E-state index in [1.807, 2.05) is 0 Å².